The highest BCUT2D eigenvalue weighted by Gasteiger charge is 2.25. The van der Waals surface area contributed by atoms with Crippen molar-refractivity contribution in [2.45, 2.75) is 27.2 Å². The first-order valence-electron chi connectivity index (χ1n) is 9.84. The molecule has 2 aromatic carbocycles. The minimum Gasteiger partial charge on any atom is -0.371 e. The lowest BCUT2D eigenvalue weighted by molar-refractivity contribution is -0.110. The van der Waals surface area contributed by atoms with E-state index in [9.17, 15) is 9.18 Å². The van der Waals surface area contributed by atoms with Crippen LogP contribution in [0.2, 0.25) is 0 Å². The first-order chi connectivity index (χ1) is 13.4. The molecule has 28 heavy (non-hydrogen) atoms. The number of rotatable bonds is 3. The SMILES string of the molecule is Cc1cc(N/C=C2/C(=O)Nc3cc(F)ccc32)ccc1N1CC(C)CC(C)C1. The summed E-state index contributed by atoms with van der Waals surface area (Å²) in [4.78, 5) is 14.7. The molecule has 2 aliphatic heterocycles. The summed E-state index contributed by atoms with van der Waals surface area (Å²) in [5.74, 6) is 0.825. The van der Waals surface area contributed by atoms with Crippen LogP contribution < -0.4 is 15.5 Å². The molecule has 0 radical (unpaired) electrons. The van der Waals surface area contributed by atoms with E-state index in [0.717, 1.165) is 18.8 Å². The fourth-order valence-corrected chi connectivity index (χ4v) is 4.43. The number of amides is 1. The van der Waals surface area contributed by atoms with Gasteiger partial charge in [0, 0.05) is 36.2 Å². The highest BCUT2D eigenvalue weighted by atomic mass is 19.1. The third kappa shape index (κ3) is 3.61. The molecule has 1 amide bonds. The Hall–Kier alpha value is -2.82. The molecule has 1 saturated heterocycles. The van der Waals surface area contributed by atoms with E-state index in [2.05, 4.69) is 48.4 Å². The molecular weight excluding hydrogens is 353 g/mol. The quantitative estimate of drug-likeness (QED) is 0.736. The van der Waals surface area contributed by atoms with Crippen molar-refractivity contribution in [1.29, 1.82) is 0 Å². The van der Waals surface area contributed by atoms with E-state index in [-0.39, 0.29) is 11.7 Å². The van der Waals surface area contributed by atoms with Crippen molar-refractivity contribution < 1.29 is 9.18 Å². The van der Waals surface area contributed by atoms with Gasteiger partial charge in [0.2, 0.25) is 0 Å². The average Bonchev–Trinajstić information content (AvgIpc) is 2.93. The highest BCUT2D eigenvalue weighted by Crippen LogP contribution is 2.33. The standard InChI is InChI=1S/C23H26FN3O/c1-14-8-15(2)13-27(12-14)22-7-5-18(9-16(22)3)25-11-20-19-6-4-17(24)10-21(19)26-23(20)28/h4-7,9-11,14-15,25H,8,12-13H2,1-3H3,(H,26,28)/b20-11+. The Labute approximate surface area is 165 Å². The number of halogens is 1. The number of anilines is 3. The number of hydrogen-bond donors (Lipinski definition) is 2. The van der Waals surface area contributed by atoms with Crippen molar-refractivity contribution in [2.75, 3.05) is 28.6 Å². The smallest absolute Gasteiger partial charge is 0.257 e. The first kappa shape index (κ1) is 18.5. The zero-order valence-electron chi connectivity index (χ0n) is 16.6. The van der Waals surface area contributed by atoms with E-state index in [0.29, 0.717) is 28.7 Å². The summed E-state index contributed by atoms with van der Waals surface area (Å²) in [6, 6.07) is 10.6. The van der Waals surface area contributed by atoms with Crippen LogP contribution in [0.3, 0.4) is 0 Å². The fraction of sp³-hybridized carbons (Fsp3) is 0.348. The second-order valence-electron chi connectivity index (χ2n) is 8.20. The molecule has 5 heteroatoms. The molecule has 0 aliphatic carbocycles. The number of benzene rings is 2. The van der Waals surface area contributed by atoms with Gasteiger partial charge in [-0.1, -0.05) is 13.8 Å². The molecule has 0 aromatic heterocycles. The second-order valence-corrected chi connectivity index (χ2v) is 8.20. The van der Waals surface area contributed by atoms with Gasteiger partial charge in [0.15, 0.2) is 0 Å². The Bertz CT molecular complexity index is 943. The van der Waals surface area contributed by atoms with Crippen molar-refractivity contribution in [3.05, 3.63) is 59.5 Å². The summed E-state index contributed by atoms with van der Waals surface area (Å²) >= 11 is 0. The lowest BCUT2D eigenvalue weighted by atomic mass is 9.91. The molecule has 2 heterocycles. The molecule has 2 atom stereocenters. The lowest BCUT2D eigenvalue weighted by Gasteiger charge is -2.37. The number of hydrogen-bond acceptors (Lipinski definition) is 3. The average molecular weight is 379 g/mol. The zero-order chi connectivity index (χ0) is 19.8. The summed E-state index contributed by atoms with van der Waals surface area (Å²) < 4.78 is 13.4. The number of nitrogens with one attached hydrogen (secondary N) is 2. The third-order valence-corrected chi connectivity index (χ3v) is 5.55. The Kier molecular flexibility index (Phi) is 4.84. The number of nitrogens with zero attached hydrogens (tertiary/aromatic N) is 1. The number of carbonyl (C=O) groups is 1. The minimum atomic E-state index is -0.360. The molecule has 4 rings (SSSR count). The molecular formula is C23H26FN3O. The molecule has 2 unspecified atom stereocenters. The Morgan fingerprint density at radius 3 is 2.61 bits per heavy atom. The number of carbonyl (C=O) groups excluding carboxylic acids is 1. The van der Waals surface area contributed by atoms with Crippen LogP contribution in [0.25, 0.3) is 5.57 Å². The monoisotopic (exact) mass is 379 g/mol. The van der Waals surface area contributed by atoms with Crippen LogP contribution in [0.1, 0.15) is 31.4 Å². The molecule has 4 nitrogen and oxygen atoms in total. The van der Waals surface area contributed by atoms with E-state index in [1.807, 2.05) is 6.07 Å². The maximum atomic E-state index is 13.4. The normalized spacial score (nSPS) is 22.9. The van der Waals surface area contributed by atoms with Gasteiger partial charge in [-0.05, 0) is 67.1 Å². The third-order valence-electron chi connectivity index (χ3n) is 5.55. The summed E-state index contributed by atoms with van der Waals surface area (Å²) in [5, 5.41) is 5.93. The number of fused-ring (bicyclic) bond motifs is 1. The van der Waals surface area contributed by atoms with Crippen LogP contribution in [0.4, 0.5) is 21.5 Å². The highest BCUT2D eigenvalue weighted by molar-refractivity contribution is 6.31. The van der Waals surface area contributed by atoms with Crippen LogP contribution in [-0.2, 0) is 4.79 Å². The van der Waals surface area contributed by atoms with E-state index >= 15 is 0 Å². The predicted molar refractivity (Wildman–Crippen MR) is 113 cm³/mol. The summed E-state index contributed by atoms with van der Waals surface area (Å²) in [6.07, 6.45) is 2.98. The molecule has 0 bridgehead atoms. The van der Waals surface area contributed by atoms with Crippen LogP contribution >= 0.6 is 0 Å². The summed E-state index contributed by atoms with van der Waals surface area (Å²) in [6.45, 7) is 8.94. The largest absolute Gasteiger partial charge is 0.371 e. The zero-order valence-corrected chi connectivity index (χ0v) is 16.6. The van der Waals surface area contributed by atoms with Gasteiger partial charge in [0.25, 0.3) is 5.91 Å². The van der Waals surface area contributed by atoms with E-state index < -0.39 is 0 Å². The van der Waals surface area contributed by atoms with Gasteiger partial charge in [-0.25, -0.2) is 4.39 Å². The topological polar surface area (TPSA) is 44.4 Å². The van der Waals surface area contributed by atoms with Crippen molar-refractivity contribution in [2.24, 2.45) is 11.8 Å². The lowest BCUT2D eigenvalue weighted by Crippen LogP contribution is -2.39. The molecule has 1 fully saturated rings. The van der Waals surface area contributed by atoms with Crippen LogP contribution in [0.15, 0.2) is 42.6 Å². The van der Waals surface area contributed by atoms with Crippen molar-refractivity contribution in [3.8, 4) is 0 Å². The van der Waals surface area contributed by atoms with Gasteiger partial charge in [-0.15, -0.1) is 0 Å². The van der Waals surface area contributed by atoms with Gasteiger partial charge in [0.1, 0.15) is 5.82 Å². The minimum absolute atomic E-state index is 0.224. The van der Waals surface area contributed by atoms with Crippen LogP contribution in [0, 0.1) is 24.6 Å². The van der Waals surface area contributed by atoms with Gasteiger partial charge >= 0.3 is 0 Å². The molecule has 2 aliphatic rings. The van der Waals surface area contributed by atoms with Gasteiger partial charge in [0.05, 0.1) is 11.3 Å². The summed E-state index contributed by atoms with van der Waals surface area (Å²) in [7, 11) is 0. The second kappa shape index (κ2) is 7.30. The van der Waals surface area contributed by atoms with E-state index in [4.69, 9.17) is 0 Å². The maximum absolute atomic E-state index is 13.4. The van der Waals surface area contributed by atoms with Gasteiger partial charge in [-0.3, -0.25) is 4.79 Å². The molecule has 0 saturated carbocycles. The predicted octanol–water partition coefficient (Wildman–Crippen LogP) is 5.02. The maximum Gasteiger partial charge on any atom is 0.257 e. The van der Waals surface area contributed by atoms with Crippen LogP contribution in [0.5, 0.6) is 0 Å². The Balaban J connectivity index is 1.53. The number of aryl methyl sites for hydroxylation is 1. The first-order valence-corrected chi connectivity index (χ1v) is 9.84. The van der Waals surface area contributed by atoms with E-state index in [1.54, 1.807) is 12.3 Å². The molecule has 2 N–H and O–H groups in total. The van der Waals surface area contributed by atoms with Gasteiger partial charge in [-0.2, -0.15) is 0 Å². The van der Waals surface area contributed by atoms with Crippen molar-refractivity contribution in [1.82, 2.24) is 0 Å². The van der Waals surface area contributed by atoms with E-state index in [1.165, 1.54) is 29.8 Å². The number of piperidine rings is 1. The Morgan fingerprint density at radius 2 is 1.89 bits per heavy atom. The Morgan fingerprint density at radius 1 is 1.14 bits per heavy atom. The van der Waals surface area contributed by atoms with Crippen molar-refractivity contribution in [3.63, 3.8) is 0 Å². The summed E-state index contributed by atoms with van der Waals surface area (Å²) in [5.41, 5.74) is 5.14. The molecule has 2 aromatic rings. The van der Waals surface area contributed by atoms with Crippen molar-refractivity contribution >= 4 is 28.5 Å². The fourth-order valence-electron chi connectivity index (χ4n) is 4.43. The molecule has 0 spiro atoms. The van der Waals surface area contributed by atoms with Crippen LogP contribution in [-0.4, -0.2) is 19.0 Å². The molecule has 146 valence electrons. The van der Waals surface area contributed by atoms with Gasteiger partial charge < -0.3 is 15.5 Å².